The van der Waals surface area contributed by atoms with Crippen LogP contribution in [0.3, 0.4) is 0 Å². The van der Waals surface area contributed by atoms with Crippen molar-refractivity contribution in [3.05, 3.63) is 29.8 Å². The van der Waals surface area contributed by atoms with E-state index in [1.54, 1.807) is 0 Å². The van der Waals surface area contributed by atoms with Crippen LogP contribution in [0.15, 0.2) is 24.3 Å². The summed E-state index contributed by atoms with van der Waals surface area (Å²) in [6, 6.07) is 7.18. The zero-order chi connectivity index (χ0) is 15.2. The van der Waals surface area contributed by atoms with Gasteiger partial charge in [0.25, 0.3) is 0 Å². The number of para-hydroxylation sites is 1. The second-order valence-electron chi connectivity index (χ2n) is 4.91. The maximum atomic E-state index is 10.7. The Morgan fingerprint density at radius 1 is 1.43 bits per heavy atom. The van der Waals surface area contributed by atoms with E-state index in [9.17, 15) is 9.59 Å². The van der Waals surface area contributed by atoms with Crippen LogP contribution in [-0.4, -0.2) is 42.9 Å². The molecule has 2 aliphatic rings. The molecule has 1 fully saturated rings. The van der Waals surface area contributed by atoms with Gasteiger partial charge < -0.3 is 26.2 Å². The van der Waals surface area contributed by atoms with Crippen molar-refractivity contribution in [3.63, 3.8) is 0 Å². The molecular weight excluding hydrogens is 274 g/mol. The van der Waals surface area contributed by atoms with Gasteiger partial charge in [-0.25, -0.2) is 4.79 Å². The van der Waals surface area contributed by atoms with Gasteiger partial charge in [-0.15, -0.1) is 0 Å². The molecule has 5 N–H and O–H groups in total. The van der Waals surface area contributed by atoms with Crippen molar-refractivity contribution in [2.75, 3.05) is 25.0 Å². The first kappa shape index (κ1) is 15.1. The highest BCUT2D eigenvalue weighted by atomic mass is 16.6. The second-order valence-corrected chi connectivity index (χ2v) is 4.91. The average molecular weight is 293 g/mol. The zero-order valence-corrected chi connectivity index (χ0v) is 11.5. The lowest BCUT2D eigenvalue weighted by atomic mass is 9.94. The van der Waals surface area contributed by atoms with Gasteiger partial charge in [0.05, 0.1) is 6.54 Å². The molecule has 1 amide bonds. The minimum Gasteiger partial charge on any atom is -0.480 e. The van der Waals surface area contributed by atoms with Crippen molar-refractivity contribution in [1.29, 1.82) is 0 Å². The summed E-state index contributed by atoms with van der Waals surface area (Å²) in [6.07, 6.45) is 0.189. The molecule has 0 saturated carbocycles. The Balaban J connectivity index is 0.000000225. The number of carbonyl (C=O) groups is 2. The number of nitrogens with two attached hydrogens (primary N) is 1. The number of carbonyl (C=O) groups excluding carboxylic acids is 1. The number of cyclic esters (lactones) is 1. The van der Waals surface area contributed by atoms with E-state index in [1.165, 1.54) is 5.56 Å². The number of alkyl carbamates (subject to hydrolysis) is 1. The number of carboxylic acid groups (broad SMARTS) is 1. The van der Waals surface area contributed by atoms with Crippen LogP contribution in [0.1, 0.15) is 17.9 Å². The summed E-state index contributed by atoms with van der Waals surface area (Å²) < 4.78 is 4.40. The normalized spacial score (nSPS) is 20.2. The molecule has 0 radical (unpaired) electrons. The van der Waals surface area contributed by atoms with Crippen molar-refractivity contribution in [1.82, 2.24) is 5.32 Å². The number of benzene rings is 1. The SMILES string of the molecule is N[C@@H](CC1CNc2ccccc21)C(=O)O.O=C1NCCO1. The van der Waals surface area contributed by atoms with Gasteiger partial charge in [-0.1, -0.05) is 18.2 Å². The van der Waals surface area contributed by atoms with Crippen molar-refractivity contribution in [3.8, 4) is 0 Å². The van der Waals surface area contributed by atoms with E-state index < -0.39 is 12.0 Å². The monoisotopic (exact) mass is 293 g/mol. The van der Waals surface area contributed by atoms with E-state index in [2.05, 4.69) is 15.4 Å². The summed E-state index contributed by atoms with van der Waals surface area (Å²) in [5, 5.41) is 14.4. The van der Waals surface area contributed by atoms with Crippen LogP contribution < -0.4 is 16.4 Å². The van der Waals surface area contributed by atoms with E-state index in [4.69, 9.17) is 10.8 Å². The van der Waals surface area contributed by atoms with Gasteiger partial charge in [0, 0.05) is 18.2 Å². The van der Waals surface area contributed by atoms with Crippen LogP contribution in [0, 0.1) is 0 Å². The Hall–Kier alpha value is -2.28. The first-order valence-electron chi connectivity index (χ1n) is 6.79. The molecule has 7 heteroatoms. The number of hydrogen-bond donors (Lipinski definition) is 4. The summed E-state index contributed by atoms with van der Waals surface area (Å²) in [6.45, 7) is 1.97. The average Bonchev–Trinajstić information content (AvgIpc) is 3.09. The predicted molar refractivity (Wildman–Crippen MR) is 77.3 cm³/mol. The lowest BCUT2D eigenvalue weighted by Crippen LogP contribution is -2.32. The topological polar surface area (TPSA) is 114 Å². The number of carboxylic acids is 1. The summed E-state index contributed by atoms with van der Waals surface area (Å²) >= 11 is 0. The van der Waals surface area contributed by atoms with Gasteiger partial charge in [0.1, 0.15) is 12.6 Å². The molecule has 1 unspecified atom stereocenters. The molecule has 2 heterocycles. The molecule has 1 aromatic carbocycles. The number of fused-ring (bicyclic) bond motifs is 1. The maximum Gasteiger partial charge on any atom is 0.407 e. The Labute approximate surface area is 122 Å². The van der Waals surface area contributed by atoms with E-state index in [0.29, 0.717) is 19.6 Å². The lowest BCUT2D eigenvalue weighted by molar-refractivity contribution is -0.138. The van der Waals surface area contributed by atoms with Crippen LogP contribution in [-0.2, 0) is 9.53 Å². The number of amides is 1. The molecular formula is C14H19N3O4. The molecule has 7 nitrogen and oxygen atoms in total. The van der Waals surface area contributed by atoms with Gasteiger partial charge in [-0.2, -0.15) is 0 Å². The van der Waals surface area contributed by atoms with E-state index in [0.717, 1.165) is 12.2 Å². The summed E-state index contributed by atoms with van der Waals surface area (Å²) in [7, 11) is 0. The van der Waals surface area contributed by atoms with Crippen molar-refractivity contribution in [2.24, 2.45) is 5.73 Å². The van der Waals surface area contributed by atoms with Gasteiger partial charge in [0.2, 0.25) is 0 Å². The van der Waals surface area contributed by atoms with Gasteiger partial charge >= 0.3 is 12.1 Å². The highest BCUT2D eigenvalue weighted by Gasteiger charge is 2.25. The van der Waals surface area contributed by atoms with Crippen molar-refractivity contribution < 1.29 is 19.4 Å². The van der Waals surface area contributed by atoms with Gasteiger partial charge in [-0.3, -0.25) is 4.79 Å². The number of aliphatic carboxylic acids is 1. The van der Waals surface area contributed by atoms with Crippen LogP contribution in [0.25, 0.3) is 0 Å². The first-order chi connectivity index (χ1) is 10.1. The predicted octanol–water partition coefficient (Wildman–Crippen LogP) is 0.724. The molecule has 0 aliphatic carbocycles. The molecule has 0 bridgehead atoms. The van der Waals surface area contributed by atoms with Crippen LogP contribution in [0.4, 0.5) is 10.5 Å². The van der Waals surface area contributed by atoms with E-state index in [-0.39, 0.29) is 12.0 Å². The fourth-order valence-electron chi connectivity index (χ4n) is 2.32. The highest BCUT2D eigenvalue weighted by Crippen LogP contribution is 2.33. The molecule has 21 heavy (non-hydrogen) atoms. The molecule has 3 rings (SSSR count). The van der Waals surface area contributed by atoms with Crippen LogP contribution >= 0.6 is 0 Å². The summed E-state index contributed by atoms with van der Waals surface area (Å²) in [4.78, 5) is 20.6. The van der Waals surface area contributed by atoms with Crippen LogP contribution in [0.5, 0.6) is 0 Å². The fourth-order valence-corrected chi connectivity index (χ4v) is 2.32. The molecule has 0 spiro atoms. The third-order valence-corrected chi connectivity index (χ3v) is 3.40. The fraction of sp³-hybridized carbons (Fsp3) is 0.429. The summed E-state index contributed by atoms with van der Waals surface area (Å²) in [5.41, 5.74) is 7.80. The quantitative estimate of drug-likeness (QED) is 0.653. The molecule has 2 aliphatic heterocycles. The minimum atomic E-state index is -0.931. The van der Waals surface area contributed by atoms with E-state index in [1.807, 2.05) is 24.3 Å². The number of nitrogens with one attached hydrogen (secondary N) is 2. The molecule has 1 aromatic rings. The highest BCUT2D eigenvalue weighted by molar-refractivity contribution is 5.73. The number of ether oxygens (including phenoxy) is 1. The number of rotatable bonds is 3. The Kier molecular flexibility index (Phi) is 4.99. The minimum absolute atomic E-state index is 0.215. The number of hydrogen-bond acceptors (Lipinski definition) is 5. The van der Waals surface area contributed by atoms with Gasteiger partial charge in [0.15, 0.2) is 0 Å². The zero-order valence-electron chi connectivity index (χ0n) is 11.5. The Morgan fingerprint density at radius 3 is 2.76 bits per heavy atom. The molecule has 2 atom stereocenters. The van der Waals surface area contributed by atoms with E-state index >= 15 is 0 Å². The third-order valence-electron chi connectivity index (χ3n) is 3.40. The maximum absolute atomic E-state index is 10.7. The molecule has 1 saturated heterocycles. The smallest absolute Gasteiger partial charge is 0.407 e. The third kappa shape index (κ3) is 4.09. The van der Waals surface area contributed by atoms with Crippen molar-refractivity contribution in [2.45, 2.75) is 18.4 Å². The van der Waals surface area contributed by atoms with Gasteiger partial charge in [-0.05, 0) is 18.1 Å². The molecule has 0 aromatic heterocycles. The lowest BCUT2D eigenvalue weighted by Gasteiger charge is -2.12. The largest absolute Gasteiger partial charge is 0.480 e. The Morgan fingerprint density at radius 2 is 2.19 bits per heavy atom. The molecule has 114 valence electrons. The Bertz CT molecular complexity index is 513. The summed E-state index contributed by atoms with van der Waals surface area (Å²) in [5.74, 6) is -0.716. The van der Waals surface area contributed by atoms with Crippen LogP contribution in [0.2, 0.25) is 0 Å². The first-order valence-corrected chi connectivity index (χ1v) is 6.79. The van der Waals surface area contributed by atoms with Crippen molar-refractivity contribution >= 4 is 17.7 Å². The second kappa shape index (κ2) is 6.94. The number of anilines is 1. The standard InChI is InChI=1S/C11H14N2O2.C3H5NO2/c12-9(11(14)15)5-7-6-13-10-4-2-1-3-8(7)10;5-3-4-1-2-6-3/h1-4,7,9,13H,5-6,12H2,(H,14,15);1-2H2,(H,4,5)/t7?,9-;/m0./s1.